The number of benzene rings is 1. The molecule has 0 unspecified atom stereocenters. The molecule has 0 aliphatic carbocycles. The Hall–Kier alpha value is -2.16. The monoisotopic (exact) mass is 198 g/mol. The molecule has 2 aromatic rings. The van der Waals surface area contributed by atoms with E-state index in [2.05, 4.69) is 4.98 Å². The molecule has 0 aliphatic rings. The summed E-state index contributed by atoms with van der Waals surface area (Å²) < 4.78 is 0. The van der Waals surface area contributed by atoms with Gasteiger partial charge in [-0.15, -0.1) is 0 Å². The maximum atomic E-state index is 10.6. The zero-order valence-corrected chi connectivity index (χ0v) is 8.05. The molecule has 0 bridgehead atoms. The Balaban J connectivity index is 2.56. The summed E-state index contributed by atoms with van der Waals surface area (Å²) in [4.78, 5) is 14.7. The Kier molecular flexibility index (Phi) is 2.46. The van der Waals surface area contributed by atoms with E-state index in [1.165, 1.54) is 6.08 Å². The Morgan fingerprint density at radius 3 is 3.00 bits per heavy atom. The molecule has 3 heteroatoms. The Morgan fingerprint density at radius 1 is 1.33 bits per heavy atom. The van der Waals surface area contributed by atoms with Crippen molar-refractivity contribution in [3.05, 3.63) is 48.3 Å². The van der Waals surface area contributed by atoms with Crippen LogP contribution < -0.4 is 5.73 Å². The quantitative estimate of drug-likeness (QED) is 0.747. The van der Waals surface area contributed by atoms with Crippen LogP contribution in [0.2, 0.25) is 0 Å². The van der Waals surface area contributed by atoms with Crippen molar-refractivity contribution in [3.63, 3.8) is 0 Å². The van der Waals surface area contributed by atoms with Crippen molar-refractivity contribution in [1.29, 1.82) is 0 Å². The third kappa shape index (κ3) is 2.02. The molecule has 1 heterocycles. The molecular weight excluding hydrogens is 188 g/mol. The number of carbonyl (C=O) groups is 1. The minimum Gasteiger partial charge on any atom is -0.366 e. The van der Waals surface area contributed by atoms with Gasteiger partial charge in [0.15, 0.2) is 0 Å². The summed E-state index contributed by atoms with van der Waals surface area (Å²) in [6.07, 6.45) is 6.58. The standard InChI is InChI=1S/C12H10N2O/c13-12(15)5-4-9-2-1-3-10-8-14-7-6-11(9)10/h1-8H,(H2,13,15). The third-order valence-electron chi connectivity index (χ3n) is 2.14. The van der Waals surface area contributed by atoms with E-state index in [0.29, 0.717) is 0 Å². The highest BCUT2D eigenvalue weighted by molar-refractivity contribution is 5.95. The maximum absolute atomic E-state index is 10.6. The number of aromatic nitrogens is 1. The molecule has 3 nitrogen and oxygen atoms in total. The van der Waals surface area contributed by atoms with Crippen LogP contribution in [0.1, 0.15) is 5.56 Å². The van der Waals surface area contributed by atoms with Crippen molar-refractivity contribution < 1.29 is 4.79 Å². The first-order valence-electron chi connectivity index (χ1n) is 4.57. The summed E-state index contributed by atoms with van der Waals surface area (Å²) in [5, 5.41) is 2.11. The van der Waals surface area contributed by atoms with Crippen LogP contribution in [0.4, 0.5) is 0 Å². The first kappa shape index (κ1) is 9.40. The highest BCUT2D eigenvalue weighted by Crippen LogP contribution is 2.18. The van der Waals surface area contributed by atoms with E-state index < -0.39 is 5.91 Å². The smallest absolute Gasteiger partial charge is 0.241 e. The van der Waals surface area contributed by atoms with Gasteiger partial charge in [0, 0.05) is 23.9 Å². The van der Waals surface area contributed by atoms with Crippen molar-refractivity contribution in [3.8, 4) is 0 Å². The number of fused-ring (bicyclic) bond motifs is 1. The van der Waals surface area contributed by atoms with Gasteiger partial charge in [-0.25, -0.2) is 0 Å². The number of rotatable bonds is 2. The highest BCUT2D eigenvalue weighted by Gasteiger charge is 1.96. The number of primary amides is 1. The lowest BCUT2D eigenvalue weighted by molar-refractivity contribution is -0.113. The SMILES string of the molecule is NC(=O)C=Cc1cccc2cnccc12. The molecule has 0 atom stereocenters. The molecule has 0 saturated heterocycles. The summed E-state index contributed by atoms with van der Waals surface area (Å²) in [6.45, 7) is 0. The van der Waals surface area contributed by atoms with Crippen molar-refractivity contribution >= 4 is 22.8 Å². The van der Waals surface area contributed by atoms with Crippen LogP contribution in [0, 0.1) is 0 Å². The Labute approximate surface area is 87.2 Å². The molecule has 1 aromatic carbocycles. The van der Waals surface area contributed by atoms with Crippen molar-refractivity contribution in [2.24, 2.45) is 5.73 Å². The molecule has 74 valence electrons. The minimum atomic E-state index is -0.443. The summed E-state index contributed by atoms with van der Waals surface area (Å²) in [6, 6.07) is 7.74. The summed E-state index contributed by atoms with van der Waals surface area (Å²) >= 11 is 0. The van der Waals surface area contributed by atoms with Crippen LogP contribution in [0.5, 0.6) is 0 Å². The largest absolute Gasteiger partial charge is 0.366 e. The second-order valence-electron chi connectivity index (χ2n) is 3.18. The molecule has 0 aliphatic heterocycles. The van der Waals surface area contributed by atoms with Gasteiger partial charge in [0.1, 0.15) is 0 Å². The van der Waals surface area contributed by atoms with Gasteiger partial charge in [0.05, 0.1) is 0 Å². The van der Waals surface area contributed by atoms with Gasteiger partial charge in [0.25, 0.3) is 0 Å². The fourth-order valence-corrected chi connectivity index (χ4v) is 1.46. The van der Waals surface area contributed by atoms with Gasteiger partial charge in [-0.1, -0.05) is 18.2 Å². The van der Waals surface area contributed by atoms with Gasteiger partial charge in [0.2, 0.25) is 5.91 Å². The van der Waals surface area contributed by atoms with Crippen LogP contribution in [0.25, 0.3) is 16.8 Å². The average Bonchev–Trinajstić information content (AvgIpc) is 2.26. The summed E-state index contributed by atoms with van der Waals surface area (Å²) in [7, 11) is 0. The summed E-state index contributed by atoms with van der Waals surface area (Å²) in [5.41, 5.74) is 6.01. The van der Waals surface area contributed by atoms with Crippen molar-refractivity contribution in [2.75, 3.05) is 0 Å². The number of nitrogens with zero attached hydrogens (tertiary/aromatic N) is 1. The second kappa shape index (κ2) is 3.92. The fourth-order valence-electron chi connectivity index (χ4n) is 1.46. The number of carbonyl (C=O) groups excluding carboxylic acids is 1. The van der Waals surface area contributed by atoms with Gasteiger partial charge in [-0.2, -0.15) is 0 Å². The second-order valence-corrected chi connectivity index (χ2v) is 3.18. The molecule has 2 rings (SSSR count). The lowest BCUT2D eigenvalue weighted by atomic mass is 10.1. The highest BCUT2D eigenvalue weighted by atomic mass is 16.1. The van der Waals surface area contributed by atoms with Crippen LogP contribution >= 0.6 is 0 Å². The van der Waals surface area contributed by atoms with Crippen LogP contribution in [0.3, 0.4) is 0 Å². The fraction of sp³-hybridized carbons (Fsp3) is 0. The molecular formula is C12H10N2O. The Bertz CT molecular complexity index is 527. The molecule has 15 heavy (non-hydrogen) atoms. The minimum absolute atomic E-state index is 0.443. The van der Waals surface area contributed by atoms with E-state index in [0.717, 1.165) is 16.3 Å². The molecule has 0 saturated carbocycles. The first-order chi connectivity index (χ1) is 7.27. The maximum Gasteiger partial charge on any atom is 0.241 e. The molecule has 0 fully saturated rings. The normalized spacial score (nSPS) is 10.9. The van der Waals surface area contributed by atoms with E-state index in [1.807, 2.05) is 24.3 Å². The molecule has 1 aromatic heterocycles. The van der Waals surface area contributed by atoms with E-state index in [-0.39, 0.29) is 0 Å². The van der Waals surface area contributed by atoms with E-state index in [9.17, 15) is 4.79 Å². The number of pyridine rings is 1. The number of hydrogen-bond acceptors (Lipinski definition) is 2. The lowest BCUT2D eigenvalue weighted by Crippen LogP contribution is -2.05. The zero-order valence-electron chi connectivity index (χ0n) is 8.05. The predicted molar refractivity (Wildman–Crippen MR) is 60.0 cm³/mol. The number of amides is 1. The molecule has 0 radical (unpaired) electrons. The topological polar surface area (TPSA) is 56.0 Å². The Morgan fingerprint density at radius 2 is 2.20 bits per heavy atom. The van der Waals surface area contributed by atoms with Gasteiger partial charge < -0.3 is 5.73 Å². The number of nitrogens with two attached hydrogens (primary N) is 1. The van der Waals surface area contributed by atoms with E-state index in [4.69, 9.17) is 5.73 Å². The first-order valence-corrected chi connectivity index (χ1v) is 4.57. The van der Waals surface area contributed by atoms with E-state index >= 15 is 0 Å². The average molecular weight is 198 g/mol. The molecule has 0 spiro atoms. The predicted octanol–water partition coefficient (Wildman–Crippen LogP) is 1.73. The zero-order chi connectivity index (χ0) is 10.7. The third-order valence-corrected chi connectivity index (χ3v) is 2.14. The lowest BCUT2D eigenvalue weighted by Gasteiger charge is -2.00. The van der Waals surface area contributed by atoms with Gasteiger partial charge in [-0.05, 0) is 23.1 Å². The van der Waals surface area contributed by atoms with Gasteiger partial charge in [-0.3, -0.25) is 9.78 Å². The van der Waals surface area contributed by atoms with Crippen molar-refractivity contribution in [1.82, 2.24) is 4.98 Å². The molecule has 1 amide bonds. The number of hydrogen-bond donors (Lipinski definition) is 1. The van der Waals surface area contributed by atoms with Crippen LogP contribution in [-0.4, -0.2) is 10.9 Å². The molecule has 2 N–H and O–H groups in total. The van der Waals surface area contributed by atoms with Crippen molar-refractivity contribution in [2.45, 2.75) is 0 Å². The van der Waals surface area contributed by atoms with Gasteiger partial charge >= 0.3 is 0 Å². The van der Waals surface area contributed by atoms with Crippen LogP contribution in [-0.2, 0) is 4.79 Å². The summed E-state index contributed by atoms with van der Waals surface area (Å²) in [5.74, 6) is -0.443. The van der Waals surface area contributed by atoms with Crippen LogP contribution in [0.15, 0.2) is 42.7 Å². The van der Waals surface area contributed by atoms with E-state index in [1.54, 1.807) is 18.5 Å².